The van der Waals surface area contributed by atoms with Crippen molar-refractivity contribution in [3.8, 4) is 16.9 Å². The fourth-order valence-electron chi connectivity index (χ4n) is 4.76. The lowest BCUT2D eigenvalue weighted by molar-refractivity contribution is 0.0323. The molecule has 0 saturated heterocycles. The second-order valence-corrected chi connectivity index (χ2v) is 9.22. The first-order valence-corrected chi connectivity index (χ1v) is 12.7. The molecule has 0 fully saturated rings. The highest BCUT2D eigenvalue weighted by atomic mass is 16.5. The van der Waals surface area contributed by atoms with Crippen LogP contribution in [0.1, 0.15) is 38.7 Å². The Morgan fingerprint density at radius 1 is 1.16 bits per heavy atom. The van der Waals surface area contributed by atoms with E-state index in [0.29, 0.717) is 34.6 Å². The van der Waals surface area contributed by atoms with Crippen LogP contribution in [-0.2, 0) is 6.54 Å². The standard InChI is InChI=1S/C28H35N5O4/c1-4-8-32(9-5-2)27(35)20-12-22-24(31-26(29)16-20)14-19(15-25(22)37-3)18-6-7-21-23(13-18)30-17-33(10-11-34)28(21)36/h6-7,12-15,17,27,34-35H,4-5,8-11,16H2,1-3H3,(H2,29,31). The molecule has 0 spiro atoms. The quantitative estimate of drug-likeness (QED) is 0.361. The number of nitrogens with zero attached hydrogens (tertiary/aromatic N) is 4. The van der Waals surface area contributed by atoms with Gasteiger partial charge < -0.3 is 20.7 Å². The Morgan fingerprint density at radius 2 is 1.92 bits per heavy atom. The smallest absolute Gasteiger partial charge is 0.261 e. The van der Waals surface area contributed by atoms with Crippen LogP contribution in [0.15, 0.2) is 52.0 Å². The number of nitrogens with two attached hydrogens (primary N) is 1. The van der Waals surface area contributed by atoms with E-state index in [1.54, 1.807) is 13.2 Å². The highest BCUT2D eigenvalue weighted by molar-refractivity contribution is 5.93. The lowest BCUT2D eigenvalue weighted by Crippen LogP contribution is -2.38. The molecule has 1 aliphatic rings. The Kier molecular flexibility index (Phi) is 8.38. The normalized spacial score (nSPS) is 14.2. The van der Waals surface area contributed by atoms with Crippen LogP contribution in [0.3, 0.4) is 0 Å². The van der Waals surface area contributed by atoms with Gasteiger partial charge in [-0.05, 0) is 59.9 Å². The number of rotatable bonds is 10. The number of fused-ring (bicyclic) bond motifs is 2. The molecule has 1 aromatic heterocycles. The molecule has 9 heteroatoms. The number of benzene rings is 2. The Labute approximate surface area is 216 Å². The number of aromatic nitrogens is 2. The Balaban J connectivity index is 1.78. The molecular formula is C28H35N5O4. The monoisotopic (exact) mass is 505 g/mol. The van der Waals surface area contributed by atoms with Crippen molar-refractivity contribution in [3.05, 3.63) is 58.1 Å². The fraction of sp³-hybridized carbons (Fsp3) is 0.393. The second-order valence-electron chi connectivity index (χ2n) is 9.22. The van der Waals surface area contributed by atoms with Crippen molar-refractivity contribution in [2.24, 2.45) is 10.7 Å². The van der Waals surface area contributed by atoms with Crippen LogP contribution >= 0.6 is 0 Å². The third-order valence-electron chi connectivity index (χ3n) is 6.52. The van der Waals surface area contributed by atoms with Crippen molar-refractivity contribution in [3.63, 3.8) is 0 Å². The summed E-state index contributed by atoms with van der Waals surface area (Å²) >= 11 is 0. The molecule has 4 N–H and O–H groups in total. The van der Waals surface area contributed by atoms with Crippen LogP contribution in [0.5, 0.6) is 5.75 Å². The minimum absolute atomic E-state index is 0.133. The summed E-state index contributed by atoms with van der Waals surface area (Å²) < 4.78 is 7.15. The van der Waals surface area contributed by atoms with Crippen LogP contribution in [-0.4, -0.2) is 63.5 Å². The van der Waals surface area contributed by atoms with Crippen LogP contribution in [0.25, 0.3) is 28.1 Å². The van der Waals surface area contributed by atoms with Crippen LogP contribution < -0.4 is 16.0 Å². The summed E-state index contributed by atoms with van der Waals surface area (Å²) in [7, 11) is 1.60. The number of hydrogen-bond acceptors (Lipinski definition) is 8. The van der Waals surface area contributed by atoms with Crippen LogP contribution in [0.2, 0.25) is 0 Å². The predicted molar refractivity (Wildman–Crippen MR) is 147 cm³/mol. The number of aliphatic hydroxyl groups excluding tert-OH is 2. The molecule has 0 radical (unpaired) electrons. The molecular weight excluding hydrogens is 470 g/mol. The number of aliphatic imine (C=N–C) groups is 1. The van der Waals surface area contributed by atoms with E-state index in [9.17, 15) is 15.0 Å². The molecule has 37 heavy (non-hydrogen) atoms. The molecule has 196 valence electrons. The first-order valence-electron chi connectivity index (χ1n) is 12.7. The third kappa shape index (κ3) is 5.58. The maximum Gasteiger partial charge on any atom is 0.261 e. The average Bonchev–Trinajstić information content (AvgIpc) is 3.07. The van der Waals surface area contributed by atoms with E-state index in [2.05, 4.69) is 28.7 Å². The van der Waals surface area contributed by atoms with Crippen molar-refractivity contribution in [2.45, 2.75) is 45.9 Å². The third-order valence-corrected chi connectivity index (χ3v) is 6.52. The molecule has 0 saturated carbocycles. The van der Waals surface area contributed by atoms with Gasteiger partial charge in [0.15, 0.2) is 0 Å². The molecule has 4 rings (SSSR count). The van der Waals surface area contributed by atoms with Crippen molar-refractivity contribution in [2.75, 3.05) is 26.8 Å². The van der Waals surface area contributed by atoms with Crippen LogP contribution in [0.4, 0.5) is 5.69 Å². The van der Waals surface area contributed by atoms with E-state index in [1.807, 2.05) is 30.3 Å². The molecule has 2 heterocycles. The largest absolute Gasteiger partial charge is 0.496 e. The lowest BCUT2D eigenvalue weighted by atomic mass is 9.98. The molecule has 0 bridgehead atoms. The zero-order chi connectivity index (χ0) is 26.5. The number of aliphatic hydroxyl groups is 2. The predicted octanol–water partition coefficient (Wildman–Crippen LogP) is 3.28. The van der Waals surface area contributed by atoms with Crippen molar-refractivity contribution in [1.82, 2.24) is 14.5 Å². The van der Waals surface area contributed by atoms with E-state index in [4.69, 9.17) is 10.5 Å². The van der Waals surface area contributed by atoms with Crippen molar-refractivity contribution >= 4 is 28.5 Å². The molecule has 2 aromatic carbocycles. The van der Waals surface area contributed by atoms with Crippen molar-refractivity contribution in [1.29, 1.82) is 0 Å². The zero-order valence-corrected chi connectivity index (χ0v) is 21.6. The molecule has 1 atom stereocenters. The van der Waals surface area contributed by atoms with Gasteiger partial charge in [-0.25, -0.2) is 9.98 Å². The maximum absolute atomic E-state index is 12.7. The minimum Gasteiger partial charge on any atom is -0.496 e. The highest BCUT2D eigenvalue weighted by Crippen LogP contribution is 2.39. The first kappa shape index (κ1) is 26.5. The Bertz CT molecular complexity index is 1390. The lowest BCUT2D eigenvalue weighted by Gasteiger charge is -2.29. The number of methoxy groups -OCH3 is 1. The summed E-state index contributed by atoms with van der Waals surface area (Å²) in [5.74, 6) is 1.03. The van der Waals surface area contributed by atoms with Gasteiger partial charge in [-0.1, -0.05) is 19.9 Å². The number of hydrogen-bond donors (Lipinski definition) is 3. The molecule has 1 unspecified atom stereocenters. The average molecular weight is 506 g/mol. The van der Waals surface area contributed by atoms with E-state index < -0.39 is 6.23 Å². The number of ether oxygens (including phenoxy) is 1. The van der Waals surface area contributed by atoms with Gasteiger partial charge in [0.2, 0.25) is 0 Å². The fourth-order valence-corrected chi connectivity index (χ4v) is 4.76. The molecule has 0 aliphatic carbocycles. The summed E-state index contributed by atoms with van der Waals surface area (Å²) in [6, 6.07) is 9.30. The summed E-state index contributed by atoms with van der Waals surface area (Å²) in [6.07, 6.45) is 4.87. The minimum atomic E-state index is -0.759. The van der Waals surface area contributed by atoms with Gasteiger partial charge in [-0.2, -0.15) is 0 Å². The summed E-state index contributed by atoms with van der Waals surface area (Å²) in [6.45, 7) is 5.83. The summed E-state index contributed by atoms with van der Waals surface area (Å²) in [5, 5.41) is 20.9. The van der Waals surface area contributed by atoms with E-state index >= 15 is 0 Å². The first-order chi connectivity index (χ1) is 17.9. The van der Waals surface area contributed by atoms with Gasteiger partial charge in [0.05, 0.1) is 43.2 Å². The SMILES string of the molecule is CCCN(CCC)C(O)C1=Cc2c(cc(-c3ccc4c(=O)n(CCO)cnc4c3)cc2OC)N=C(N)C1. The zero-order valence-electron chi connectivity index (χ0n) is 21.6. The van der Waals surface area contributed by atoms with E-state index in [0.717, 1.165) is 48.2 Å². The van der Waals surface area contributed by atoms with Gasteiger partial charge >= 0.3 is 0 Å². The molecule has 1 aliphatic heterocycles. The van der Waals surface area contributed by atoms with Gasteiger partial charge in [0.1, 0.15) is 17.8 Å². The summed E-state index contributed by atoms with van der Waals surface area (Å²) in [5.41, 5.74) is 10.6. The Morgan fingerprint density at radius 3 is 2.59 bits per heavy atom. The van der Waals surface area contributed by atoms with Gasteiger partial charge in [0, 0.05) is 25.1 Å². The molecule has 3 aromatic rings. The molecule has 0 amide bonds. The van der Waals surface area contributed by atoms with Gasteiger partial charge in [-0.3, -0.25) is 14.3 Å². The van der Waals surface area contributed by atoms with Gasteiger partial charge in [0.25, 0.3) is 5.56 Å². The highest BCUT2D eigenvalue weighted by Gasteiger charge is 2.24. The van der Waals surface area contributed by atoms with Crippen molar-refractivity contribution < 1.29 is 14.9 Å². The summed E-state index contributed by atoms with van der Waals surface area (Å²) in [4.78, 5) is 23.8. The van der Waals surface area contributed by atoms with Crippen LogP contribution in [0, 0.1) is 0 Å². The topological polar surface area (TPSA) is 126 Å². The second kappa shape index (κ2) is 11.7. The van der Waals surface area contributed by atoms with E-state index in [-0.39, 0.29) is 18.7 Å². The number of amidine groups is 1. The molecule has 9 nitrogen and oxygen atoms in total. The Hall–Kier alpha value is -3.53. The van der Waals surface area contributed by atoms with E-state index in [1.165, 1.54) is 10.9 Å². The van der Waals surface area contributed by atoms with Gasteiger partial charge in [-0.15, -0.1) is 0 Å². The maximum atomic E-state index is 12.7.